The molecule has 0 saturated carbocycles. The Hall–Kier alpha value is -0.510. The molecule has 1 saturated heterocycles. The standard InChI is InChI=1S/C12H20BrN3/c1-10(2)16-9-11(13)14-12(16)15-7-5-3-4-6-8-15/h9-10H,3-8H2,1-2H3. The minimum Gasteiger partial charge on any atom is -0.342 e. The number of nitrogens with zero attached hydrogens (tertiary/aromatic N) is 3. The molecular formula is C12H20BrN3. The number of hydrogen-bond acceptors (Lipinski definition) is 2. The Balaban J connectivity index is 2.23. The van der Waals surface area contributed by atoms with Crippen molar-refractivity contribution in [3.63, 3.8) is 0 Å². The molecule has 0 aliphatic carbocycles. The van der Waals surface area contributed by atoms with E-state index in [9.17, 15) is 0 Å². The summed E-state index contributed by atoms with van der Waals surface area (Å²) in [6.07, 6.45) is 7.40. The fourth-order valence-corrected chi connectivity index (χ4v) is 2.62. The zero-order chi connectivity index (χ0) is 11.5. The van der Waals surface area contributed by atoms with Gasteiger partial charge in [0.05, 0.1) is 0 Å². The Bertz CT molecular complexity index is 338. The summed E-state index contributed by atoms with van der Waals surface area (Å²) < 4.78 is 3.20. The highest BCUT2D eigenvalue weighted by molar-refractivity contribution is 9.10. The molecule has 2 rings (SSSR count). The Morgan fingerprint density at radius 3 is 2.38 bits per heavy atom. The number of imidazole rings is 1. The Kier molecular flexibility index (Phi) is 3.90. The minimum absolute atomic E-state index is 0.469. The van der Waals surface area contributed by atoms with Gasteiger partial charge >= 0.3 is 0 Å². The molecule has 0 amide bonds. The van der Waals surface area contributed by atoms with Crippen LogP contribution in [-0.4, -0.2) is 22.6 Å². The van der Waals surface area contributed by atoms with E-state index < -0.39 is 0 Å². The van der Waals surface area contributed by atoms with E-state index in [4.69, 9.17) is 0 Å². The van der Waals surface area contributed by atoms with Crippen LogP contribution in [-0.2, 0) is 0 Å². The van der Waals surface area contributed by atoms with Gasteiger partial charge in [0.2, 0.25) is 5.95 Å². The normalized spacial score (nSPS) is 17.9. The van der Waals surface area contributed by atoms with Crippen molar-refractivity contribution in [1.82, 2.24) is 9.55 Å². The highest BCUT2D eigenvalue weighted by Crippen LogP contribution is 2.24. The molecule has 0 bridgehead atoms. The van der Waals surface area contributed by atoms with Crippen LogP contribution in [0.2, 0.25) is 0 Å². The Labute approximate surface area is 106 Å². The number of anilines is 1. The lowest BCUT2D eigenvalue weighted by Crippen LogP contribution is -2.27. The molecule has 1 fully saturated rings. The van der Waals surface area contributed by atoms with Gasteiger partial charge in [-0.05, 0) is 42.6 Å². The molecule has 2 heterocycles. The van der Waals surface area contributed by atoms with E-state index in [2.05, 4.69) is 50.4 Å². The predicted octanol–water partition coefficient (Wildman–Crippen LogP) is 3.61. The van der Waals surface area contributed by atoms with Crippen molar-refractivity contribution < 1.29 is 0 Å². The Morgan fingerprint density at radius 1 is 1.19 bits per heavy atom. The van der Waals surface area contributed by atoms with Crippen LogP contribution in [0.4, 0.5) is 5.95 Å². The maximum absolute atomic E-state index is 4.60. The fourth-order valence-electron chi connectivity index (χ4n) is 2.24. The van der Waals surface area contributed by atoms with Crippen molar-refractivity contribution in [2.24, 2.45) is 0 Å². The number of halogens is 1. The van der Waals surface area contributed by atoms with Crippen molar-refractivity contribution in [2.45, 2.75) is 45.6 Å². The zero-order valence-corrected chi connectivity index (χ0v) is 11.7. The van der Waals surface area contributed by atoms with E-state index in [1.54, 1.807) is 0 Å². The smallest absolute Gasteiger partial charge is 0.206 e. The predicted molar refractivity (Wildman–Crippen MR) is 71.0 cm³/mol. The maximum Gasteiger partial charge on any atom is 0.206 e. The van der Waals surface area contributed by atoms with Crippen LogP contribution in [0.15, 0.2) is 10.8 Å². The quantitative estimate of drug-likeness (QED) is 0.828. The van der Waals surface area contributed by atoms with Gasteiger partial charge in [0.25, 0.3) is 0 Å². The summed E-state index contributed by atoms with van der Waals surface area (Å²) in [7, 11) is 0. The molecule has 90 valence electrons. The van der Waals surface area contributed by atoms with Gasteiger partial charge < -0.3 is 9.47 Å². The molecule has 1 aliphatic rings. The van der Waals surface area contributed by atoms with Crippen molar-refractivity contribution in [1.29, 1.82) is 0 Å². The second-order valence-electron chi connectivity index (χ2n) is 4.77. The maximum atomic E-state index is 4.60. The first-order valence-corrected chi connectivity index (χ1v) is 6.97. The topological polar surface area (TPSA) is 21.1 Å². The van der Waals surface area contributed by atoms with Crippen molar-refractivity contribution in [3.05, 3.63) is 10.8 Å². The number of rotatable bonds is 2. The average Bonchev–Trinajstić information content (AvgIpc) is 2.49. The van der Waals surface area contributed by atoms with E-state index >= 15 is 0 Å². The summed E-state index contributed by atoms with van der Waals surface area (Å²) >= 11 is 3.48. The molecule has 16 heavy (non-hydrogen) atoms. The molecule has 0 N–H and O–H groups in total. The Morgan fingerprint density at radius 2 is 1.81 bits per heavy atom. The molecule has 3 nitrogen and oxygen atoms in total. The van der Waals surface area contributed by atoms with E-state index in [1.165, 1.54) is 25.7 Å². The lowest BCUT2D eigenvalue weighted by Gasteiger charge is -2.23. The highest BCUT2D eigenvalue weighted by atomic mass is 79.9. The van der Waals surface area contributed by atoms with Crippen LogP contribution in [0.25, 0.3) is 0 Å². The van der Waals surface area contributed by atoms with Gasteiger partial charge in [-0.2, -0.15) is 0 Å². The first-order chi connectivity index (χ1) is 7.68. The summed E-state index contributed by atoms with van der Waals surface area (Å²) in [4.78, 5) is 7.03. The molecule has 0 atom stereocenters. The molecular weight excluding hydrogens is 266 g/mol. The lowest BCUT2D eigenvalue weighted by molar-refractivity contribution is 0.583. The minimum atomic E-state index is 0.469. The van der Waals surface area contributed by atoms with Gasteiger partial charge in [-0.25, -0.2) is 4.98 Å². The molecule has 0 radical (unpaired) electrons. The summed E-state index contributed by atoms with van der Waals surface area (Å²) in [6, 6.07) is 0.469. The summed E-state index contributed by atoms with van der Waals surface area (Å²) in [6.45, 7) is 6.71. The van der Waals surface area contributed by atoms with Gasteiger partial charge in [0.15, 0.2) is 0 Å². The van der Waals surface area contributed by atoms with Gasteiger partial charge in [-0.3, -0.25) is 0 Å². The SMILES string of the molecule is CC(C)n1cc(Br)nc1N1CCCCCC1. The van der Waals surface area contributed by atoms with Crippen molar-refractivity contribution in [3.8, 4) is 0 Å². The monoisotopic (exact) mass is 285 g/mol. The second-order valence-corrected chi connectivity index (χ2v) is 5.58. The third-order valence-electron chi connectivity index (χ3n) is 3.13. The van der Waals surface area contributed by atoms with Crippen LogP contribution < -0.4 is 4.90 Å². The third-order valence-corrected chi connectivity index (χ3v) is 3.51. The number of aromatic nitrogens is 2. The van der Waals surface area contributed by atoms with Crippen LogP contribution >= 0.6 is 15.9 Å². The van der Waals surface area contributed by atoms with Crippen LogP contribution in [0.1, 0.15) is 45.6 Å². The van der Waals surface area contributed by atoms with Crippen LogP contribution in [0.5, 0.6) is 0 Å². The summed E-state index contributed by atoms with van der Waals surface area (Å²) in [5.41, 5.74) is 0. The van der Waals surface area contributed by atoms with E-state index in [-0.39, 0.29) is 0 Å². The van der Waals surface area contributed by atoms with Crippen molar-refractivity contribution in [2.75, 3.05) is 18.0 Å². The van der Waals surface area contributed by atoms with Crippen LogP contribution in [0, 0.1) is 0 Å². The number of hydrogen-bond donors (Lipinski definition) is 0. The molecule has 0 spiro atoms. The fraction of sp³-hybridized carbons (Fsp3) is 0.750. The highest BCUT2D eigenvalue weighted by Gasteiger charge is 2.17. The van der Waals surface area contributed by atoms with E-state index in [0.29, 0.717) is 6.04 Å². The zero-order valence-electron chi connectivity index (χ0n) is 10.1. The summed E-state index contributed by atoms with van der Waals surface area (Å²) in [5, 5.41) is 0. The molecule has 1 aromatic heterocycles. The van der Waals surface area contributed by atoms with E-state index in [1.807, 2.05) is 0 Å². The van der Waals surface area contributed by atoms with Crippen molar-refractivity contribution >= 4 is 21.9 Å². The van der Waals surface area contributed by atoms with Gasteiger partial charge in [-0.1, -0.05) is 12.8 Å². The molecule has 1 aliphatic heterocycles. The molecule has 0 aromatic carbocycles. The van der Waals surface area contributed by atoms with Gasteiger partial charge in [0.1, 0.15) is 4.60 Å². The first kappa shape index (κ1) is 12.0. The average molecular weight is 286 g/mol. The third kappa shape index (κ3) is 2.59. The summed E-state index contributed by atoms with van der Waals surface area (Å²) in [5.74, 6) is 1.13. The van der Waals surface area contributed by atoms with E-state index in [0.717, 1.165) is 23.6 Å². The second kappa shape index (κ2) is 5.21. The van der Waals surface area contributed by atoms with Gasteiger partial charge in [-0.15, -0.1) is 0 Å². The molecule has 0 unspecified atom stereocenters. The molecule has 4 heteroatoms. The lowest BCUT2D eigenvalue weighted by atomic mass is 10.2. The molecule has 1 aromatic rings. The van der Waals surface area contributed by atoms with Crippen LogP contribution in [0.3, 0.4) is 0 Å². The first-order valence-electron chi connectivity index (χ1n) is 6.18. The largest absolute Gasteiger partial charge is 0.342 e. The van der Waals surface area contributed by atoms with Gasteiger partial charge in [0, 0.05) is 25.3 Å².